The van der Waals surface area contributed by atoms with Crippen LogP contribution in [-0.2, 0) is 29.3 Å². The van der Waals surface area contributed by atoms with Crippen LogP contribution in [0.2, 0.25) is 0 Å². The number of ether oxygens (including phenoxy) is 1. The highest BCUT2D eigenvalue weighted by molar-refractivity contribution is 7.90. The van der Waals surface area contributed by atoms with E-state index in [9.17, 15) is 13.5 Å². The van der Waals surface area contributed by atoms with Crippen LogP contribution >= 0.6 is 0 Å². The Morgan fingerprint density at radius 2 is 1.90 bits per heavy atom. The van der Waals surface area contributed by atoms with Crippen molar-refractivity contribution in [2.45, 2.75) is 70.2 Å². The van der Waals surface area contributed by atoms with E-state index < -0.39 is 9.84 Å². The van der Waals surface area contributed by atoms with Crippen molar-refractivity contribution in [3.63, 3.8) is 0 Å². The minimum Gasteiger partial charge on any atom is -0.504 e. The van der Waals surface area contributed by atoms with Gasteiger partial charge in [-0.2, -0.15) is 0 Å². The molecule has 0 bridgehead atoms. The molecule has 1 aliphatic heterocycles. The van der Waals surface area contributed by atoms with Gasteiger partial charge >= 0.3 is 0 Å². The zero-order valence-corrected chi connectivity index (χ0v) is 18.7. The summed E-state index contributed by atoms with van der Waals surface area (Å²) in [6.07, 6.45) is 3.02. The molecule has 1 heterocycles. The average molecular weight is 418 g/mol. The maximum absolute atomic E-state index is 12.1. The molecule has 0 aliphatic carbocycles. The fraction of sp³-hybridized carbons (Fsp3) is 0.478. The Kier molecular flexibility index (Phi) is 5.97. The summed E-state index contributed by atoms with van der Waals surface area (Å²) in [5, 5.41) is 9.99. The predicted octanol–water partition coefficient (Wildman–Crippen LogP) is 4.31. The molecule has 1 aliphatic rings. The highest BCUT2D eigenvalue weighted by atomic mass is 32.2. The third-order valence-electron chi connectivity index (χ3n) is 5.61. The summed E-state index contributed by atoms with van der Waals surface area (Å²) in [7, 11) is -3.24. The minimum atomic E-state index is -3.24. The molecule has 1 N–H and O–H groups in total. The molecule has 0 unspecified atom stereocenters. The Labute approximate surface area is 174 Å². The second kappa shape index (κ2) is 8.00. The Hall–Kier alpha value is -2.05. The predicted molar refractivity (Wildman–Crippen MR) is 115 cm³/mol. The van der Waals surface area contributed by atoms with E-state index in [2.05, 4.69) is 18.7 Å². The molecule has 2 aromatic rings. The van der Waals surface area contributed by atoms with Gasteiger partial charge in [0.05, 0.1) is 11.0 Å². The first-order chi connectivity index (χ1) is 13.5. The Morgan fingerprint density at radius 3 is 2.55 bits per heavy atom. The second-order valence-corrected chi connectivity index (χ2v) is 10.8. The smallest absolute Gasteiger partial charge is 0.175 e. The van der Waals surface area contributed by atoms with E-state index in [0.717, 1.165) is 36.1 Å². The van der Waals surface area contributed by atoms with E-state index in [1.54, 1.807) is 12.1 Å². The summed E-state index contributed by atoms with van der Waals surface area (Å²) in [5.41, 5.74) is 3.03. The molecule has 0 aromatic heterocycles. The average Bonchev–Trinajstić information content (AvgIpc) is 3.06. The molecule has 29 heavy (non-hydrogen) atoms. The van der Waals surface area contributed by atoms with Crippen molar-refractivity contribution in [1.29, 1.82) is 0 Å². The number of rotatable bonds is 7. The fourth-order valence-corrected chi connectivity index (χ4v) is 4.81. The quantitative estimate of drug-likeness (QED) is 0.727. The van der Waals surface area contributed by atoms with Crippen molar-refractivity contribution in [3.05, 3.63) is 53.1 Å². The van der Waals surface area contributed by atoms with E-state index in [1.807, 2.05) is 38.1 Å². The van der Waals surface area contributed by atoms with E-state index in [1.165, 1.54) is 6.26 Å². The van der Waals surface area contributed by atoms with Gasteiger partial charge in [-0.1, -0.05) is 18.2 Å². The Bertz CT molecular complexity index is 996. The van der Waals surface area contributed by atoms with Gasteiger partial charge < -0.3 is 9.84 Å². The number of benzene rings is 2. The molecule has 3 rings (SSSR count). The monoisotopic (exact) mass is 417 g/mol. The maximum atomic E-state index is 12.1. The van der Waals surface area contributed by atoms with Gasteiger partial charge in [0, 0.05) is 24.9 Å². The van der Waals surface area contributed by atoms with Crippen molar-refractivity contribution in [1.82, 2.24) is 4.90 Å². The lowest BCUT2D eigenvalue weighted by molar-refractivity contribution is 0.109. The van der Waals surface area contributed by atoms with E-state index in [-0.39, 0.29) is 17.4 Å². The summed E-state index contributed by atoms with van der Waals surface area (Å²) >= 11 is 0. The number of phenolic OH excluding ortho intramolecular Hbond substituents is 1. The van der Waals surface area contributed by atoms with Crippen molar-refractivity contribution in [2.24, 2.45) is 0 Å². The first-order valence-electron chi connectivity index (χ1n) is 10.0. The molecule has 0 saturated carbocycles. The molecule has 0 fully saturated rings. The van der Waals surface area contributed by atoms with Crippen LogP contribution in [0.5, 0.6) is 11.5 Å². The van der Waals surface area contributed by atoms with Crippen LogP contribution in [0.1, 0.15) is 50.8 Å². The number of fused-ring (bicyclic) bond motifs is 1. The molecule has 158 valence electrons. The van der Waals surface area contributed by atoms with Gasteiger partial charge in [-0.05, 0) is 75.4 Å². The Morgan fingerprint density at radius 1 is 1.17 bits per heavy atom. The van der Waals surface area contributed by atoms with Crippen LogP contribution in [0.15, 0.2) is 41.3 Å². The van der Waals surface area contributed by atoms with Gasteiger partial charge in [0.2, 0.25) is 0 Å². The zero-order chi connectivity index (χ0) is 21.4. The van der Waals surface area contributed by atoms with Crippen LogP contribution in [0.4, 0.5) is 0 Å². The Balaban J connectivity index is 1.73. The summed E-state index contributed by atoms with van der Waals surface area (Å²) in [6.45, 7) is 9.66. The number of hydrogen-bond donors (Lipinski definition) is 1. The van der Waals surface area contributed by atoms with Crippen LogP contribution in [-0.4, -0.2) is 36.3 Å². The van der Waals surface area contributed by atoms with Crippen molar-refractivity contribution >= 4 is 9.84 Å². The third kappa shape index (κ3) is 4.93. The lowest BCUT2D eigenvalue weighted by Crippen LogP contribution is -2.40. The van der Waals surface area contributed by atoms with Crippen molar-refractivity contribution in [2.75, 3.05) is 6.26 Å². The minimum absolute atomic E-state index is 0.000245. The molecule has 0 saturated heterocycles. The maximum Gasteiger partial charge on any atom is 0.175 e. The van der Waals surface area contributed by atoms with Gasteiger partial charge in [-0.3, -0.25) is 4.90 Å². The highest BCUT2D eigenvalue weighted by Gasteiger charge is 2.33. The fourth-order valence-electron chi connectivity index (χ4n) is 3.84. The number of phenols is 1. The standard InChI is InChI=1S/C23H31NO4S/c1-16(2)28-21-13-17(9-10-20(21)25)11-12-23(3,4)24-14-18-7-6-8-22(19(18)15-24)29(5,26)27/h6-10,13,16,25H,11-12,14-15H2,1-5H3. The molecule has 5 nitrogen and oxygen atoms in total. The summed E-state index contributed by atoms with van der Waals surface area (Å²) in [4.78, 5) is 2.79. The van der Waals surface area contributed by atoms with E-state index >= 15 is 0 Å². The molecule has 0 atom stereocenters. The lowest BCUT2D eigenvalue weighted by Gasteiger charge is -2.35. The van der Waals surface area contributed by atoms with Crippen LogP contribution in [0.25, 0.3) is 0 Å². The van der Waals surface area contributed by atoms with Crippen molar-refractivity contribution in [3.8, 4) is 11.5 Å². The number of aromatic hydroxyl groups is 1. The largest absolute Gasteiger partial charge is 0.504 e. The van der Waals surface area contributed by atoms with E-state index in [0.29, 0.717) is 17.2 Å². The number of hydrogen-bond acceptors (Lipinski definition) is 5. The van der Waals surface area contributed by atoms with E-state index in [4.69, 9.17) is 4.74 Å². The normalized spacial score (nSPS) is 15.0. The molecule has 0 amide bonds. The summed E-state index contributed by atoms with van der Waals surface area (Å²) in [6, 6.07) is 11.1. The molecule has 0 radical (unpaired) electrons. The lowest BCUT2D eigenvalue weighted by atomic mass is 9.93. The molecule has 2 aromatic carbocycles. The van der Waals surface area contributed by atoms with Gasteiger partial charge in [0.15, 0.2) is 21.3 Å². The highest BCUT2D eigenvalue weighted by Crippen LogP contribution is 2.36. The molecular weight excluding hydrogens is 386 g/mol. The van der Waals surface area contributed by atoms with Crippen LogP contribution < -0.4 is 4.74 Å². The van der Waals surface area contributed by atoms with Crippen molar-refractivity contribution < 1.29 is 18.3 Å². The van der Waals surface area contributed by atoms with Gasteiger partial charge in [-0.15, -0.1) is 0 Å². The second-order valence-electron chi connectivity index (χ2n) is 8.80. The topological polar surface area (TPSA) is 66.8 Å². The van der Waals surface area contributed by atoms with Gasteiger partial charge in [-0.25, -0.2) is 8.42 Å². The SMILES string of the molecule is CC(C)Oc1cc(CCC(C)(C)N2Cc3cccc(S(C)(=O)=O)c3C2)ccc1O. The molecule has 6 heteroatoms. The summed E-state index contributed by atoms with van der Waals surface area (Å²) < 4.78 is 30.0. The summed E-state index contributed by atoms with van der Waals surface area (Å²) in [5.74, 6) is 0.673. The van der Waals surface area contributed by atoms with Crippen LogP contribution in [0.3, 0.4) is 0 Å². The zero-order valence-electron chi connectivity index (χ0n) is 17.9. The number of nitrogens with zero attached hydrogens (tertiary/aromatic N) is 1. The first kappa shape index (κ1) is 21.7. The molecular formula is C23H31NO4S. The van der Waals surface area contributed by atoms with Gasteiger partial charge in [0.25, 0.3) is 0 Å². The third-order valence-corrected chi connectivity index (χ3v) is 6.79. The number of aryl methyl sites for hydroxylation is 1. The number of sulfone groups is 1. The van der Waals surface area contributed by atoms with Gasteiger partial charge in [0.1, 0.15) is 0 Å². The molecule has 0 spiro atoms. The first-order valence-corrected chi connectivity index (χ1v) is 11.9. The van der Waals surface area contributed by atoms with Crippen LogP contribution in [0, 0.1) is 0 Å².